The van der Waals surface area contributed by atoms with Crippen LogP contribution in [0.1, 0.15) is 11.3 Å². The van der Waals surface area contributed by atoms with Gasteiger partial charge in [-0.1, -0.05) is 29.0 Å². The third-order valence-corrected chi connectivity index (χ3v) is 4.77. The van der Waals surface area contributed by atoms with Crippen LogP contribution in [0.5, 0.6) is 5.75 Å². The maximum Gasteiger partial charge on any atom is 0.320 e. The summed E-state index contributed by atoms with van der Waals surface area (Å²) in [4.78, 5) is 11.8. The molecule has 0 fully saturated rings. The molecule has 22 heavy (non-hydrogen) atoms. The zero-order valence-corrected chi connectivity index (χ0v) is 14.4. The SMILES string of the molecule is Cc1ccc(OCCNC(=O)Nc2sc(=S)n(C)c2C)cc1. The zero-order chi connectivity index (χ0) is 16.1. The molecule has 1 heterocycles. The number of nitrogens with zero attached hydrogens (tertiary/aromatic N) is 1. The average Bonchev–Trinajstić information content (AvgIpc) is 2.73. The lowest BCUT2D eigenvalue weighted by Crippen LogP contribution is -2.32. The summed E-state index contributed by atoms with van der Waals surface area (Å²) in [7, 11) is 1.88. The van der Waals surface area contributed by atoms with Gasteiger partial charge in [0, 0.05) is 7.05 Å². The van der Waals surface area contributed by atoms with Crippen molar-refractivity contribution < 1.29 is 9.53 Å². The lowest BCUT2D eigenvalue weighted by molar-refractivity contribution is 0.247. The monoisotopic (exact) mass is 337 g/mol. The second-order valence-electron chi connectivity index (χ2n) is 4.88. The summed E-state index contributed by atoms with van der Waals surface area (Å²) in [5, 5.41) is 6.33. The number of anilines is 1. The van der Waals surface area contributed by atoms with Gasteiger partial charge in [0.05, 0.1) is 12.2 Å². The van der Waals surface area contributed by atoms with E-state index in [0.29, 0.717) is 13.2 Å². The highest BCUT2D eigenvalue weighted by atomic mass is 32.1. The summed E-state index contributed by atoms with van der Waals surface area (Å²) in [6.45, 7) is 4.79. The molecular weight excluding hydrogens is 318 g/mol. The molecule has 0 bridgehead atoms. The Morgan fingerprint density at radius 2 is 2.00 bits per heavy atom. The number of aryl methyl sites for hydroxylation is 1. The number of hydrogen-bond acceptors (Lipinski definition) is 4. The normalized spacial score (nSPS) is 10.3. The summed E-state index contributed by atoms with van der Waals surface area (Å²) in [6, 6.07) is 7.54. The summed E-state index contributed by atoms with van der Waals surface area (Å²) < 4.78 is 8.15. The van der Waals surface area contributed by atoms with Gasteiger partial charge in [0.2, 0.25) is 0 Å². The minimum absolute atomic E-state index is 0.257. The van der Waals surface area contributed by atoms with Crippen LogP contribution in [0.15, 0.2) is 24.3 Å². The molecule has 0 saturated carbocycles. The van der Waals surface area contributed by atoms with Gasteiger partial charge in [0.15, 0.2) is 3.95 Å². The summed E-state index contributed by atoms with van der Waals surface area (Å²) in [5.74, 6) is 0.796. The van der Waals surface area contributed by atoms with Crippen LogP contribution >= 0.6 is 23.6 Å². The van der Waals surface area contributed by atoms with Gasteiger partial charge in [0.25, 0.3) is 0 Å². The summed E-state index contributed by atoms with van der Waals surface area (Å²) in [5.41, 5.74) is 2.13. The Morgan fingerprint density at radius 1 is 1.32 bits per heavy atom. The fourth-order valence-corrected chi connectivity index (χ4v) is 3.01. The Bertz CT molecular complexity index is 705. The minimum Gasteiger partial charge on any atom is -0.492 e. The smallest absolute Gasteiger partial charge is 0.320 e. The number of amides is 2. The van der Waals surface area contributed by atoms with E-state index >= 15 is 0 Å². The lowest BCUT2D eigenvalue weighted by Gasteiger charge is -2.09. The Hall–Kier alpha value is -1.86. The molecule has 5 nitrogen and oxygen atoms in total. The van der Waals surface area contributed by atoms with Crippen LogP contribution in [0.3, 0.4) is 0 Å². The number of ether oxygens (including phenoxy) is 1. The van der Waals surface area contributed by atoms with Gasteiger partial charge in [-0.2, -0.15) is 0 Å². The molecule has 7 heteroatoms. The van der Waals surface area contributed by atoms with Crippen molar-refractivity contribution >= 4 is 34.6 Å². The second kappa shape index (κ2) is 7.42. The van der Waals surface area contributed by atoms with Crippen molar-refractivity contribution in [3.05, 3.63) is 39.5 Å². The van der Waals surface area contributed by atoms with E-state index in [1.807, 2.05) is 49.7 Å². The van der Waals surface area contributed by atoms with Crippen molar-refractivity contribution in [2.24, 2.45) is 7.05 Å². The summed E-state index contributed by atoms with van der Waals surface area (Å²) >= 11 is 6.55. The Labute approximate surface area is 138 Å². The van der Waals surface area contributed by atoms with E-state index < -0.39 is 0 Å². The maximum absolute atomic E-state index is 11.8. The number of aromatic nitrogens is 1. The van der Waals surface area contributed by atoms with Crippen molar-refractivity contribution in [1.29, 1.82) is 0 Å². The first-order valence-electron chi connectivity index (χ1n) is 6.88. The van der Waals surface area contributed by atoms with Gasteiger partial charge in [-0.25, -0.2) is 4.79 Å². The molecule has 1 aromatic carbocycles. The third kappa shape index (κ3) is 4.32. The molecule has 0 aliphatic carbocycles. The molecule has 1 aromatic heterocycles. The van der Waals surface area contributed by atoms with Crippen LogP contribution in [0.2, 0.25) is 0 Å². The van der Waals surface area contributed by atoms with Crippen LogP contribution in [-0.4, -0.2) is 23.7 Å². The number of urea groups is 1. The molecule has 0 unspecified atom stereocenters. The van der Waals surface area contributed by atoms with E-state index in [9.17, 15) is 4.79 Å². The number of benzene rings is 1. The maximum atomic E-state index is 11.8. The van der Waals surface area contributed by atoms with E-state index in [1.165, 1.54) is 16.9 Å². The zero-order valence-electron chi connectivity index (χ0n) is 12.8. The first-order valence-corrected chi connectivity index (χ1v) is 8.10. The molecule has 118 valence electrons. The van der Waals surface area contributed by atoms with E-state index in [0.717, 1.165) is 20.4 Å². The lowest BCUT2D eigenvalue weighted by atomic mass is 10.2. The molecule has 0 spiro atoms. The number of rotatable bonds is 5. The highest BCUT2D eigenvalue weighted by molar-refractivity contribution is 7.73. The third-order valence-electron chi connectivity index (χ3n) is 3.20. The Balaban J connectivity index is 1.75. The fraction of sp³-hybridized carbons (Fsp3) is 0.333. The first-order chi connectivity index (χ1) is 10.5. The molecule has 0 aliphatic rings. The fourth-order valence-electron chi connectivity index (χ4n) is 1.75. The van der Waals surface area contributed by atoms with Crippen molar-refractivity contribution in [3.8, 4) is 5.75 Å². The molecule has 2 N–H and O–H groups in total. The molecule has 2 rings (SSSR count). The Morgan fingerprint density at radius 3 is 2.59 bits per heavy atom. The average molecular weight is 337 g/mol. The standard InChI is InChI=1S/C15H19N3O2S2/c1-10-4-6-12(7-5-10)20-9-8-16-14(19)17-13-11(2)18(3)15(21)22-13/h4-7H,8-9H2,1-3H3,(H2,16,17,19). The van der Waals surface area contributed by atoms with Crippen LogP contribution in [-0.2, 0) is 7.05 Å². The minimum atomic E-state index is -0.257. The van der Waals surface area contributed by atoms with E-state index in [2.05, 4.69) is 10.6 Å². The van der Waals surface area contributed by atoms with Crippen molar-refractivity contribution in [2.75, 3.05) is 18.5 Å². The van der Waals surface area contributed by atoms with E-state index in [1.54, 1.807) is 0 Å². The molecule has 0 aliphatic heterocycles. The molecule has 2 aromatic rings. The predicted molar refractivity (Wildman–Crippen MR) is 92.6 cm³/mol. The summed E-state index contributed by atoms with van der Waals surface area (Å²) in [6.07, 6.45) is 0. The molecule has 0 radical (unpaired) electrons. The van der Waals surface area contributed by atoms with Gasteiger partial charge in [0.1, 0.15) is 17.4 Å². The quantitative estimate of drug-likeness (QED) is 0.647. The van der Waals surface area contributed by atoms with Gasteiger partial charge in [-0.3, -0.25) is 5.32 Å². The van der Waals surface area contributed by atoms with Gasteiger partial charge in [-0.15, -0.1) is 0 Å². The van der Waals surface area contributed by atoms with Crippen LogP contribution < -0.4 is 15.4 Å². The number of hydrogen-bond donors (Lipinski definition) is 2. The predicted octanol–water partition coefficient (Wildman–Crippen LogP) is 3.63. The van der Waals surface area contributed by atoms with Gasteiger partial charge in [-0.05, 0) is 38.2 Å². The highest BCUT2D eigenvalue weighted by Crippen LogP contribution is 2.23. The van der Waals surface area contributed by atoms with Gasteiger partial charge >= 0.3 is 6.03 Å². The number of thiazole rings is 1. The van der Waals surface area contributed by atoms with Gasteiger partial charge < -0.3 is 14.6 Å². The van der Waals surface area contributed by atoms with E-state index in [4.69, 9.17) is 17.0 Å². The first kappa shape index (κ1) is 16.5. The van der Waals surface area contributed by atoms with Crippen molar-refractivity contribution in [1.82, 2.24) is 9.88 Å². The molecular formula is C15H19N3O2S2. The van der Waals surface area contributed by atoms with E-state index in [-0.39, 0.29) is 6.03 Å². The van der Waals surface area contributed by atoms with Crippen LogP contribution in [0, 0.1) is 17.8 Å². The topological polar surface area (TPSA) is 55.3 Å². The van der Waals surface area contributed by atoms with Crippen LogP contribution in [0.25, 0.3) is 0 Å². The Kier molecular flexibility index (Phi) is 5.57. The number of carbonyl (C=O) groups is 1. The molecule has 0 saturated heterocycles. The molecule has 0 atom stereocenters. The van der Waals surface area contributed by atoms with Crippen molar-refractivity contribution in [2.45, 2.75) is 13.8 Å². The number of carbonyl (C=O) groups excluding carboxylic acids is 1. The van der Waals surface area contributed by atoms with Crippen molar-refractivity contribution in [3.63, 3.8) is 0 Å². The highest BCUT2D eigenvalue weighted by Gasteiger charge is 2.09. The largest absolute Gasteiger partial charge is 0.492 e. The second-order valence-corrected chi connectivity index (χ2v) is 6.53. The van der Waals surface area contributed by atoms with Crippen LogP contribution in [0.4, 0.5) is 9.80 Å². The molecule has 2 amide bonds. The number of nitrogens with one attached hydrogen (secondary N) is 2.